The average molecular weight is 268 g/mol. The fourth-order valence-corrected chi connectivity index (χ4v) is 1.96. The molecule has 18 heavy (non-hydrogen) atoms. The Hall–Kier alpha value is -1.88. The summed E-state index contributed by atoms with van der Waals surface area (Å²) >= 11 is 5.71. The lowest BCUT2D eigenvalue weighted by Crippen LogP contribution is -1.99. The van der Waals surface area contributed by atoms with Crippen LogP contribution >= 0.6 is 11.6 Å². The largest absolute Gasteiger partial charge is 0.459 e. The van der Waals surface area contributed by atoms with Crippen molar-refractivity contribution in [3.8, 4) is 0 Å². The van der Waals surface area contributed by atoms with Crippen LogP contribution in [0.25, 0.3) is 6.08 Å². The molecule has 1 heterocycles. The Morgan fingerprint density at radius 2 is 2.28 bits per heavy atom. The molecule has 94 valence electrons. The van der Waals surface area contributed by atoms with Gasteiger partial charge in [-0.15, -0.1) is 0 Å². The van der Waals surface area contributed by atoms with Crippen molar-refractivity contribution in [1.29, 1.82) is 0 Å². The van der Waals surface area contributed by atoms with Crippen molar-refractivity contribution in [3.05, 3.63) is 44.5 Å². The predicted octanol–water partition coefficient (Wildman–Crippen LogP) is 2.97. The number of esters is 1. The fourth-order valence-electron chi connectivity index (χ4n) is 1.77. The minimum Gasteiger partial charge on any atom is -0.459 e. The van der Waals surface area contributed by atoms with Crippen LogP contribution in [-0.2, 0) is 9.53 Å². The zero-order valence-electron chi connectivity index (χ0n) is 9.55. The number of carbonyl (C=O) groups is 1. The quantitative estimate of drug-likeness (QED) is 0.357. The van der Waals surface area contributed by atoms with E-state index in [0.29, 0.717) is 17.6 Å². The lowest BCUT2D eigenvalue weighted by molar-refractivity contribution is -0.384. The van der Waals surface area contributed by atoms with Gasteiger partial charge in [0.25, 0.3) is 5.69 Å². The molecule has 1 fully saturated rings. The van der Waals surface area contributed by atoms with E-state index >= 15 is 0 Å². The summed E-state index contributed by atoms with van der Waals surface area (Å²) in [7, 11) is 0. The van der Waals surface area contributed by atoms with Crippen molar-refractivity contribution in [1.82, 2.24) is 0 Å². The molecule has 0 aromatic heterocycles. The van der Waals surface area contributed by atoms with E-state index in [1.165, 1.54) is 12.1 Å². The van der Waals surface area contributed by atoms with Crippen LogP contribution in [-0.4, -0.2) is 17.0 Å². The van der Waals surface area contributed by atoms with Gasteiger partial charge < -0.3 is 4.74 Å². The molecule has 0 bridgehead atoms. The number of halogens is 1. The zero-order chi connectivity index (χ0) is 13.3. The average Bonchev–Trinajstić information content (AvgIpc) is 2.60. The van der Waals surface area contributed by atoms with Crippen molar-refractivity contribution in [2.75, 3.05) is 0 Å². The van der Waals surface area contributed by atoms with Crippen LogP contribution in [0.5, 0.6) is 0 Å². The summed E-state index contributed by atoms with van der Waals surface area (Å²) in [6, 6.07) is 4.40. The van der Waals surface area contributed by atoms with E-state index in [4.69, 9.17) is 16.3 Å². The van der Waals surface area contributed by atoms with Crippen molar-refractivity contribution in [2.24, 2.45) is 0 Å². The van der Waals surface area contributed by atoms with Crippen molar-refractivity contribution < 1.29 is 14.5 Å². The molecule has 1 aliphatic heterocycles. The molecule has 6 heteroatoms. The third-order valence-corrected chi connectivity index (χ3v) is 2.91. The number of hydrogen-bond donors (Lipinski definition) is 0. The molecule has 1 aromatic rings. The number of nitro groups is 1. The van der Waals surface area contributed by atoms with Gasteiger partial charge in [-0.1, -0.05) is 17.7 Å². The normalized spacial score (nSPS) is 21.1. The first kappa shape index (κ1) is 12.6. The van der Waals surface area contributed by atoms with Crippen LogP contribution in [0.15, 0.2) is 23.8 Å². The number of nitrogens with zero attached hydrogens (tertiary/aromatic N) is 1. The highest BCUT2D eigenvalue weighted by Crippen LogP contribution is 2.28. The van der Waals surface area contributed by atoms with Crippen molar-refractivity contribution in [3.63, 3.8) is 0 Å². The lowest BCUT2D eigenvalue weighted by Gasteiger charge is -1.98. The first-order chi connectivity index (χ1) is 8.47. The number of cyclic esters (lactones) is 1. The summed E-state index contributed by atoms with van der Waals surface area (Å²) in [5, 5.41) is 10.8. The Morgan fingerprint density at radius 3 is 2.83 bits per heavy atom. The standard InChI is InChI=1S/C12H10ClNO4/c1-7-4-9(12(15)18-7)5-8-2-3-10(13)11(6-8)14(16)17/h2-3,5-7H,4H2,1H3. The van der Waals surface area contributed by atoms with E-state index in [2.05, 4.69) is 0 Å². The van der Waals surface area contributed by atoms with Gasteiger partial charge in [-0.05, 0) is 24.6 Å². The number of hydrogen-bond acceptors (Lipinski definition) is 4. The molecule has 5 nitrogen and oxygen atoms in total. The topological polar surface area (TPSA) is 69.4 Å². The molecule has 0 amide bonds. The van der Waals surface area contributed by atoms with Crippen LogP contribution in [0.4, 0.5) is 5.69 Å². The molecule has 0 N–H and O–H groups in total. The van der Waals surface area contributed by atoms with Crippen LogP contribution in [0.3, 0.4) is 0 Å². The second-order valence-electron chi connectivity index (χ2n) is 4.06. The Kier molecular flexibility index (Phi) is 3.34. The van der Waals surface area contributed by atoms with Gasteiger partial charge in [-0.2, -0.15) is 0 Å². The first-order valence-electron chi connectivity index (χ1n) is 5.33. The number of nitro benzene ring substituents is 1. The Bertz CT molecular complexity index is 553. The summed E-state index contributed by atoms with van der Waals surface area (Å²) in [5.41, 5.74) is 0.900. The molecule has 0 saturated carbocycles. The van der Waals surface area contributed by atoms with Gasteiger partial charge in [-0.25, -0.2) is 4.79 Å². The summed E-state index contributed by atoms with van der Waals surface area (Å²) in [6.45, 7) is 1.79. The maximum atomic E-state index is 11.4. The minimum atomic E-state index is -0.556. The number of carbonyl (C=O) groups excluding carboxylic acids is 1. The van der Waals surface area contributed by atoms with Gasteiger partial charge in [0.15, 0.2) is 0 Å². The second kappa shape index (κ2) is 4.78. The Morgan fingerprint density at radius 1 is 1.56 bits per heavy atom. The fraction of sp³-hybridized carbons (Fsp3) is 0.250. The van der Waals surface area contributed by atoms with E-state index < -0.39 is 4.92 Å². The molecule has 1 unspecified atom stereocenters. The van der Waals surface area contributed by atoms with Gasteiger partial charge in [-0.3, -0.25) is 10.1 Å². The maximum Gasteiger partial charge on any atom is 0.334 e. The highest BCUT2D eigenvalue weighted by molar-refractivity contribution is 6.32. The van der Waals surface area contributed by atoms with E-state index in [1.807, 2.05) is 0 Å². The van der Waals surface area contributed by atoms with Gasteiger partial charge in [0.2, 0.25) is 0 Å². The number of ether oxygens (including phenoxy) is 1. The van der Waals surface area contributed by atoms with Crippen LogP contribution in [0.2, 0.25) is 5.02 Å². The smallest absolute Gasteiger partial charge is 0.334 e. The molecule has 1 atom stereocenters. The highest BCUT2D eigenvalue weighted by atomic mass is 35.5. The number of rotatable bonds is 2. The van der Waals surface area contributed by atoms with Crippen LogP contribution in [0.1, 0.15) is 18.9 Å². The molecular formula is C12H10ClNO4. The molecule has 0 spiro atoms. The Labute approximate surface area is 108 Å². The van der Waals surface area contributed by atoms with Crippen LogP contribution < -0.4 is 0 Å². The summed E-state index contributed by atoms with van der Waals surface area (Å²) in [6.07, 6.45) is 1.95. The molecule has 1 aromatic carbocycles. The third-order valence-electron chi connectivity index (χ3n) is 2.59. The molecule has 2 rings (SSSR count). The first-order valence-corrected chi connectivity index (χ1v) is 5.70. The lowest BCUT2D eigenvalue weighted by atomic mass is 10.1. The van der Waals surface area contributed by atoms with E-state index in [-0.39, 0.29) is 22.8 Å². The summed E-state index contributed by atoms with van der Waals surface area (Å²) in [5.74, 6) is -0.375. The van der Waals surface area contributed by atoms with Gasteiger partial charge in [0, 0.05) is 18.1 Å². The predicted molar refractivity (Wildman–Crippen MR) is 66.3 cm³/mol. The monoisotopic (exact) mass is 267 g/mol. The van der Waals surface area contributed by atoms with E-state index in [0.717, 1.165) is 0 Å². The van der Waals surface area contributed by atoms with E-state index in [9.17, 15) is 14.9 Å². The van der Waals surface area contributed by atoms with Crippen LogP contribution in [0, 0.1) is 10.1 Å². The summed E-state index contributed by atoms with van der Waals surface area (Å²) < 4.78 is 4.98. The summed E-state index contributed by atoms with van der Waals surface area (Å²) in [4.78, 5) is 21.6. The Balaban J connectivity index is 2.35. The molecule has 0 radical (unpaired) electrons. The zero-order valence-corrected chi connectivity index (χ0v) is 10.3. The minimum absolute atomic E-state index is 0.0736. The molecular weight excluding hydrogens is 258 g/mol. The molecule has 1 aliphatic rings. The maximum absolute atomic E-state index is 11.4. The van der Waals surface area contributed by atoms with Crippen molar-refractivity contribution >= 4 is 29.3 Å². The van der Waals surface area contributed by atoms with Gasteiger partial charge >= 0.3 is 5.97 Å². The second-order valence-corrected chi connectivity index (χ2v) is 4.46. The van der Waals surface area contributed by atoms with Gasteiger partial charge in [0.1, 0.15) is 11.1 Å². The third kappa shape index (κ3) is 2.51. The SMILES string of the molecule is CC1CC(=Cc2ccc(Cl)c([N+](=O)[O-])c2)C(=O)O1. The number of benzene rings is 1. The molecule has 1 saturated heterocycles. The molecule has 0 aliphatic carbocycles. The van der Waals surface area contributed by atoms with Gasteiger partial charge in [0.05, 0.1) is 4.92 Å². The van der Waals surface area contributed by atoms with E-state index in [1.54, 1.807) is 19.1 Å². The highest BCUT2D eigenvalue weighted by Gasteiger charge is 2.25. The van der Waals surface area contributed by atoms with Crippen molar-refractivity contribution in [2.45, 2.75) is 19.4 Å².